The van der Waals surface area contributed by atoms with Gasteiger partial charge in [0.1, 0.15) is 5.54 Å². The third-order valence-electron chi connectivity index (χ3n) is 4.60. The van der Waals surface area contributed by atoms with Crippen molar-refractivity contribution in [1.29, 1.82) is 0 Å². The van der Waals surface area contributed by atoms with Gasteiger partial charge >= 0.3 is 6.03 Å². The first-order valence-corrected chi connectivity index (χ1v) is 7.23. The Balaban J connectivity index is 1.77. The zero-order valence-corrected chi connectivity index (χ0v) is 11.8. The van der Waals surface area contributed by atoms with Crippen LogP contribution in [0.1, 0.15) is 37.8 Å². The molecule has 0 bridgehead atoms. The molecule has 0 atom stereocenters. The van der Waals surface area contributed by atoms with Gasteiger partial charge in [-0.25, -0.2) is 4.79 Å². The average Bonchev–Trinajstić information content (AvgIpc) is 2.93. The summed E-state index contributed by atoms with van der Waals surface area (Å²) in [5.74, 6) is -0.104. The van der Waals surface area contributed by atoms with Gasteiger partial charge in [-0.15, -0.1) is 0 Å². The van der Waals surface area contributed by atoms with Crippen molar-refractivity contribution in [3.8, 4) is 0 Å². The van der Waals surface area contributed by atoms with Gasteiger partial charge in [-0.05, 0) is 18.9 Å². The van der Waals surface area contributed by atoms with E-state index in [0.29, 0.717) is 6.54 Å². The second-order valence-electron chi connectivity index (χ2n) is 5.70. The number of aryl methyl sites for hydroxylation is 1. The number of hydrogen-bond acceptors (Lipinski definition) is 3. The van der Waals surface area contributed by atoms with E-state index in [9.17, 15) is 9.59 Å². The number of hydrogen-bond donors (Lipinski definition) is 1. The molecule has 1 N–H and O–H groups in total. The quantitative estimate of drug-likeness (QED) is 0.844. The molecule has 1 spiro atoms. The molecule has 2 fully saturated rings. The van der Waals surface area contributed by atoms with Gasteiger partial charge in [0, 0.05) is 31.9 Å². The van der Waals surface area contributed by atoms with Crippen LogP contribution in [-0.2, 0) is 18.3 Å². The first-order chi connectivity index (χ1) is 9.63. The Kier molecular flexibility index (Phi) is 3.23. The van der Waals surface area contributed by atoms with Crippen LogP contribution in [0.4, 0.5) is 4.79 Å². The molecule has 3 rings (SSSR count). The summed E-state index contributed by atoms with van der Waals surface area (Å²) < 4.78 is 1.81. The lowest BCUT2D eigenvalue weighted by atomic mass is 9.80. The largest absolute Gasteiger partial charge is 0.325 e. The summed E-state index contributed by atoms with van der Waals surface area (Å²) >= 11 is 0. The Morgan fingerprint density at radius 2 is 2.05 bits per heavy atom. The van der Waals surface area contributed by atoms with Gasteiger partial charge in [0.25, 0.3) is 5.91 Å². The van der Waals surface area contributed by atoms with Crippen LogP contribution in [0.5, 0.6) is 0 Å². The van der Waals surface area contributed by atoms with Gasteiger partial charge in [-0.3, -0.25) is 14.8 Å². The van der Waals surface area contributed by atoms with Crippen molar-refractivity contribution >= 4 is 11.9 Å². The van der Waals surface area contributed by atoms with E-state index in [4.69, 9.17) is 0 Å². The molecule has 1 aromatic heterocycles. The van der Waals surface area contributed by atoms with Crippen LogP contribution in [0.25, 0.3) is 0 Å². The van der Waals surface area contributed by atoms with Crippen molar-refractivity contribution in [2.75, 3.05) is 6.54 Å². The molecule has 2 heterocycles. The van der Waals surface area contributed by atoms with E-state index >= 15 is 0 Å². The fraction of sp³-hybridized carbons (Fsp3) is 0.643. The Morgan fingerprint density at radius 3 is 2.70 bits per heavy atom. The molecule has 20 heavy (non-hydrogen) atoms. The van der Waals surface area contributed by atoms with E-state index < -0.39 is 5.54 Å². The molecule has 0 radical (unpaired) electrons. The molecular weight excluding hydrogens is 256 g/mol. The van der Waals surface area contributed by atoms with E-state index in [1.165, 1.54) is 0 Å². The van der Waals surface area contributed by atoms with Gasteiger partial charge in [0.05, 0.1) is 0 Å². The lowest BCUT2D eigenvalue weighted by molar-refractivity contribution is -0.128. The zero-order valence-electron chi connectivity index (χ0n) is 11.8. The van der Waals surface area contributed by atoms with E-state index in [1.807, 2.05) is 17.8 Å². The second-order valence-corrected chi connectivity index (χ2v) is 5.70. The number of nitrogens with zero attached hydrogens (tertiary/aromatic N) is 3. The third kappa shape index (κ3) is 1.99. The molecule has 0 aromatic carbocycles. The van der Waals surface area contributed by atoms with Crippen molar-refractivity contribution in [3.63, 3.8) is 0 Å². The highest BCUT2D eigenvalue weighted by Gasteiger charge is 2.52. The zero-order chi connectivity index (χ0) is 14.2. The standard InChI is InChI=1S/C14H20N4O2/c1-17-11(5-9-15-17)6-10-18-13(20)16-12(19)14(18)7-3-2-4-8-14/h5,9H,2-4,6-8,10H2,1H3,(H,16,19,20). The van der Waals surface area contributed by atoms with Crippen LogP contribution in [0.3, 0.4) is 0 Å². The average molecular weight is 276 g/mol. The maximum Gasteiger partial charge on any atom is 0.325 e. The second kappa shape index (κ2) is 4.92. The maximum absolute atomic E-state index is 12.2. The molecule has 1 aromatic rings. The number of aromatic nitrogens is 2. The molecular formula is C14H20N4O2. The maximum atomic E-state index is 12.2. The van der Waals surface area contributed by atoms with Crippen molar-refractivity contribution in [3.05, 3.63) is 18.0 Å². The SMILES string of the molecule is Cn1nccc1CCN1C(=O)NC(=O)C12CCCCC2. The third-order valence-corrected chi connectivity index (χ3v) is 4.60. The first-order valence-electron chi connectivity index (χ1n) is 7.23. The molecule has 0 unspecified atom stereocenters. The molecule has 2 aliphatic rings. The summed E-state index contributed by atoms with van der Waals surface area (Å²) in [6, 6.07) is 1.71. The van der Waals surface area contributed by atoms with Crippen LogP contribution in [0.15, 0.2) is 12.3 Å². The van der Waals surface area contributed by atoms with Crippen molar-refractivity contribution < 1.29 is 9.59 Å². The lowest BCUT2D eigenvalue weighted by Crippen LogP contribution is -2.51. The molecule has 1 saturated heterocycles. The molecule has 1 saturated carbocycles. The topological polar surface area (TPSA) is 67.2 Å². The Bertz CT molecular complexity index is 531. The summed E-state index contributed by atoms with van der Waals surface area (Å²) in [5.41, 5.74) is 0.483. The lowest BCUT2D eigenvalue weighted by Gasteiger charge is -2.38. The van der Waals surface area contributed by atoms with Gasteiger partial charge < -0.3 is 4.90 Å². The molecule has 1 aliphatic carbocycles. The predicted molar refractivity (Wildman–Crippen MR) is 73.0 cm³/mol. The minimum Gasteiger partial charge on any atom is -0.309 e. The van der Waals surface area contributed by atoms with Crippen molar-refractivity contribution in [2.45, 2.75) is 44.1 Å². The van der Waals surface area contributed by atoms with Gasteiger partial charge in [-0.1, -0.05) is 19.3 Å². The van der Waals surface area contributed by atoms with E-state index in [-0.39, 0.29) is 11.9 Å². The summed E-state index contributed by atoms with van der Waals surface area (Å²) in [5, 5.41) is 6.63. The molecule has 108 valence electrons. The molecule has 1 aliphatic heterocycles. The van der Waals surface area contributed by atoms with Crippen LogP contribution < -0.4 is 5.32 Å². The van der Waals surface area contributed by atoms with Crippen LogP contribution >= 0.6 is 0 Å². The summed E-state index contributed by atoms with van der Waals surface area (Å²) in [7, 11) is 1.89. The van der Waals surface area contributed by atoms with Gasteiger partial charge in [0.15, 0.2) is 0 Å². The van der Waals surface area contributed by atoms with Crippen LogP contribution in [-0.4, -0.2) is 38.7 Å². The minimum atomic E-state index is -0.589. The number of amides is 3. The number of imide groups is 1. The van der Waals surface area contributed by atoms with Crippen LogP contribution in [0, 0.1) is 0 Å². The summed E-state index contributed by atoms with van der Waals surface area (Å²) in [6.45, 7) is 0.567. The van der Waals surface area contributed by atoms with Crippen molar-refractivity contribution in [2.24, 2.45) is 7.05 Å². The number of rotatable bonds is 3. The Morgan fingerprint density at radius 1 is 1.30 bits per heavy atom. The monoisotopic (exact) mass is 276 g/mol. The summed E-state index contributed by atoms with van der Waals surface area (Å²) in [6.07, 6.45) is 7.23. The van der Waals surface area contributed by atoms with E-state index in [2.05, 4.69) is 10.4 Å². The molecule has 6 heteroatoms. The van der Waals surface area contributed by atoms with E-state index in [1.54, 1.807) is 11.1 Å². The summed E-state index contributed by atoms with van der Waals surface area (Å²) in [4.78, 5) is 26.0. The number of carbonyl (C=O) groups excluding carboxylic acids is 2. The number of nitrogens with one attached hydrogen (secondary N) is 1. The van der Waals surface area contributed by atoms with Gasteiger partial charge in [0.2, 0.25) is 0 Å². The normalized spacial score (nSPS) is 21.6. The predicted octanol–water partition coefficient (Wildman–Crippen LogP) is 1.22. The fourth-order valence-corrected chi connectivity index (χ4v) is 3.42. The number of urea groups is 1. The first kappa shape index (κ1) is 13.1. The van der Waals surface area contributed by atoms with Crippen LogP contribution in [0.2, 0.25) is 0 Å². The fourth-order valence-electron chi connectivity index (χ4n) is 3.42. The molecule has 6 nitrogen and oxygen atoms in total. The minimum absolute atomic E-state index is 0.104. The highest BCUT2D eigenvalue weighted by molar-refractivity contribution is 6.07. The highest BCUT2D eigenvalue weighted by atomic mass is 16.2. The van der Waals surface area contributed by atoms with Gasteiger partial charge in [-0.2, -0.15) is 5.10 Å². The smallest absolute Gasteiger partial charge is 0.309 e. The van der Waals surface area contributed by atoms with Crippen molar-refractivity contribution in [1.82, 2.24) is 20.0 Å². The Hall–Kier alpha value is -1.85. The Labute approximate surface area is 118 Å². The molecule has 3 amide bonds. The van der Waals surface area contributed by atoms with E-state index in [0.717, 1.165) is 44.2 Å². The number of carbonyl (C=O) groups is 2. The highest BCUT2D eigenvalue weighted by Crippen LogP contribution is 2.37.